The maximum absolute atomic E-state index is 15.8. The third-order valence-corrected chi connectivity index (χ3v) is 6.55. The van der Waals surface area contributed by atoms with E-state index in [1.807, 2.05) is 0 Å². The molecule has 226 valence electrons. The van der Waals surface area contributed by atoms with E-state index in [1.54, 1.807) is 64.8 Å². The summed E-state index contributed by atoms with van der Waals surface area (Å²) < 4.78 is 58.4. The molecule has 1 aliphatic rings. The Labute approximate surface area is 244 Å². The molecule has 2 aromatic carbocycles. The van der Waals surface area contributed by atoms with Gasteiger partial charge in [-0.3, -0.25) is 4.90 Å². The summed E-state index contributed by atoms with van der Waals surface area (Å²) in [6, 6.07) is 4.71. The third kappa shape index (κ3) is 7.21. The Morgan fingerprint density at radius 3 is 2.19 bits per heavy atom. The van der Waals surface area contributed by atoms with Crippen molar-refractivity contribution in [3.05, 3.63) is 70.4 Å². The van der Waals surface area contributed by atoms with Gasteiger partial charge in [0.1, 0.15) is 28.5 Å². The van der Waals surface area contributed by atoms with Crippen LogP contribution in [0.4, 0.5) is 18.0 Å². The average Bonchev–Trinajstić information content (AvgIpc) is 3.25. The van der Waals surface area contributed by atoms with E-state index < -0.39 is 46.6 Å². The second kappa shape index (κ2) is 11.2. The predicted molar refractivity (Wildman–Crippen MR) is 155 cm³/mol. The van der Waals surface area contributed by atoms with Crippen LogP contribution in [0.15, 0.2) is 36.5 Å². The van der Waals surface area contributed by atoms with E-state index in [0.29, 0.717) is 29.4 Å². The van der Waals surface area contributed by atoms with Crippen LogP contribution in [-0.4, -0.2) is 56.7 Å². The van der Waals surface area contributed by atoms with Crippen LogP contribution in [0.1, 0.15) is 83.7 Å². The maximum Gasteiger partial charge on any atom is 0.435 e. The average molecular weight is 586 g/mol. The van der Waals surface area contributed by atoms with Crippen LogP contribution < -0.4 is 0 Å². The van der Waals surface area contributed by atoms with Crippen LogP contribution in [0.3, 0.4) is 0 Å². The molecule has 0 bridgehead atoms. The number of hydrogen-bond donors (Lipinski definition) is 0. The molecule has 0 saturated carbocycles. The number of aromatic nitrogens is 2. The zero-order valence-electron chi connectivity index (χ0n) is 25.3. The lowest BCUT2D eigenvalue weighted by atomic mass is 9.85. The van der Waals surface area contributed by atoms with Crippen molar-refractivity contribution in [1.82, 2.24) is 14.7 Å². The lowest BCUT2D eigenvalue weighted by molar-refractivity contribution is -0.148. The van der Waals surface area contributed by atoms with Crippen LogP contribution in [-0.2, 0) is 20.7 Å². The molecule has 2 heterocycles. The second-order valence-corrected chi connectivity index (χ2v) is 13.2. The Bertz CT molecular complexity index is 1520. The lowest BCUT2D eigenvalue weighted by Gasteiger charge is -2.40. The lowest BCUT2D eigenvalue weighted by Crippen LogP contribution is -2.43. The first-order chi connectivity index (χ1) is 19.3. The molecule has 4 rings (SSSR count). The summed E-state index contributed by atoms with van der Waals surface area (Å²) in [6.45, 7) is 13.5. The molecule has 3 aromatic rings. The van der Waals surface area contributed by atoms with Gasteiger partial charge >= 0.3 is 12.1 Å². The number of nitrogens with zero attached hydrogens (tertiary/aromatic N) is 3. The zero-order valence-corrected chi connectivity index (χ0v) is 25.3. The van der Waals surface area contributed by atoms with Crippen molar-refractivity contribution in [2.75, 3.05) is 13.1 Å². The first-order valence-corrected chi connectivity index (χ1v) is 13.9. The van der Waals surface area contributed by atoms with Crippen LogP contribution in [0.25, 0.3) is 17.0 Å². The predicted octanol–water partition coefficient (Wildman–Crippen LogP) is 7.15. The number of benzene rings is 2. The van der Waals surface area contributed by atoms with Gasteiger partial charge in [0.05, 0.1) is 17.8 Å². The van der Waals surface area contributed by atoms with Gasteiger partial charge in [0.2, 0.25) is 0 Å². The number of alkyl halides is 1. The summed E-state index contributed by atoms with van der Waals surface area (Å²) in [5.74, 6) is -2.30. The van der Waals surface area contributed by atoms with Gasteiger partial charge in [-0.15, -0.1) is 0 Å². The molecule has 0 aliphatic carbocycles. The number of ether oxygens (including phenoxy) is 2. The fourth-order valence-corrected chi connectivity index (χ4v) is 5.20. The highest BCUT2D eigenvalue weighted by Crippen LogP contribution is 2.41. The topological polar surface area (TPSA) is 73.7 Å². The van der Waals surface area contributed by atoms with Crippen molar-refractivity contribution in [1.29, 1.82) is 0 Å². The molecular weight excluding hydrogens is 547 g/mol. The van der Waals surface area contributed by atoms with Crippen molar-refractivity contribution in [3.8, 4) is 0 Å². The van der Waals surface area contributed by atoms with E-state index in [4.69, 9.17) is 9.47 Å². The molecule has 0 N–H and O–H groups in total. The zero-order chi connectivity index (χ0) is 31.2. The molecule has 0 fully saturated rings. The Balaban J connectivity index is 1.79. The van der Waals surface area contributed by atoms with E-state index in [0.717, 1.165) is 23.8 Å². The normalized spacial score (nSPS) is 16.6. The molecule has 1 unspecified atom stereocenters. The Hall–Kier alpha value is -3.66. The molecule has 0 saturated heterocycles. The van der Waals surface area contributed by atoms with Crippen LogP contribution in [0.5, 0.6) is 0 Å². The van der Waals surface area contributed by atoms with Gasteiger partial charge in [-0.05, 0) is 103 Å². The van der Waals surface area contributed by atoms with Crippen molar-refractivity contribution >= 4 is 29.0 Å². The highest BCUT2D eigenvalue weighted by atomic mass is 19.1. The van der Waals surface area contributed by atoms with Gasteiger partial charge in [-0.25, -0.2) is 22.8 Å². The fourth-order valence-electron chi connectivity index (χ4n) is 5.20. The number of esters is 1. The van der Waals surface area contributed by atoms with Gasteiger partial charge < -0.3 is 9.47 Å². The standard InChI is InChI=1S/C32H38F3N3O4/c1-30(2,3)41-26(39)12-9-19-15-23(33)27(24(34)16-19)28-21-10-11-25-22(17-36-38(25)29(40)42-31(4,5)6)20(21)13-14-37(28)18-32(7,8)35/h9-12,15-17,28H,13-14,18H2,1-8H3/b12-9+. The largest absolute Gasteiger partial charge is 0.457 e. The maximum atomic E-state index is 15.8. The summed E-state index contributed by atoms with van der Waals surface area (Å²) >= 11 is 0. The van der Waals surface area contributed by atoms with E-state index in [1.165, 1.54) is 24.6 Å². The SMILES string of the molecule is CC(C)(F)CN1CCc2c(ccc3c2cnn3C(=O)OC(C)(C)C)C1c1c(F)cc(/C=C/C(=O)OC(C)(C)C)cc1F. The molecule has 0 radical (unpaired) electrons. The van der Waals surface area contributed by atoms with Crippen LogP contribution in [0, 0.1) is 11.6 Å². The van der Waals surface area contributed by atoms with Gasteiger partial charge in [-0.2, -0.15) is 9.78 Å². The smallest absolute Gasteiger partial charge is 0.435 e. The number of rotatable bonds is 5. The molecule has 1 atom stereocenters. The van der Waals surface area contributed by atoms with Crippen molar-refractivity contribution in [2.24, 2.45) is 0 Å². The Kier molecular flexibility index (Phi) is 8.34. The molecule has 10 heteroatoms. The Morgan fingerprint density at radius 1 is 1.00 bits per heavy atom. The minimum atomic E-state index is -1.63. The second-order valence-electron chi connectivity index (χ2n) is 13.2. The van der Waals surface area contributed by atoms with Gasteiger partial charge in [-0.1, -0.05) is 6.07 Å². The number of carbonyl (C=O) groups is 2. The molecule has 7 nitrogen and oxygen atoms in total. The minimum absolute atomic E-state index is 0.0640. The van der Waals surface area contributed by atoms with Crippen molar-refractivity contribution in [2.45, 2.75) is 84.7 Å². The summed E-state index contributed by atoms with van der Waals surface area (Å²) in [7, 11) is 0. The van der Waals surface area contributed by atoms with Crippen LogP contribution >= 0.6 is 0 Å². The first-order valence-electron chi connectivity index (χ1n) is 13.9. The Morgan fingerprint density at radius 2 is 1.62 bits per heavy atom. The molecule has 0 amide bonds. The van der Waals surface area contributed by atoms with Gasteiger partial charge in [0.15, 0.2) is 0 Å². The molecule has 1 aliphatic heterocycles. The van der Waals surface area contributed by atoms with Gasteiger partial charge in [0.25, 0.3) is 0 Å². The summed E-state index contributed by atoms with van der Waals surface area (Å²) in [5, 5.41) is 4.90. The monoisotopic (exact) mass is 585 g/mol. The minimum Gasteiger partial charge on any atom is -0.457 e. The number of carbonyl (C=O) groups excluding carboxylic acids is 2. The molecule has 1 aromatic heterocycles. The highest BCUT2D eigenvalue weighted by Gasteiger charge is 2.37. The summed E-state index contributed by atoms with van der Waals surface area (Å²) in [4.78, 5) is 26.6. The number of halogens is 3. The quantitative estimate of drug-likeness (QED) is 0.234. The summed E-state index contributed by atoms with van der Waals surface area (Å²) in [6.07, 6.45) is 3.76. The van der Waals surface area contributed by atoms with E-state index in [2.05, 4.69) is 5.10 Å². The molecular formula is C32H38F3N3O4. The van der Waals surface area contributed by atoms with Crippen molar-refractivity contribution in [3.63, 3.8) is 0 Å². The molecule has 42 heavy (non-hydrogen) atoms. The molecule has 0 spiro atoms. The van der Waals surface area contributed by atoms with E-state index in [9.17, 15) is 14.0 Å². The highest BCUT2D eigenvalue weighted by molar-refractivity contribution is 5.91. The summed E-state index contributed by atoms with van der Waals surface area (Å²) in [5.41, 5.74) is -1.29. The first kappa shape index (κ1) is 31.3. The third-order valence-electron chi connectivity index (χ3n) is 6.55. The van der Waals surface area contributed by atoms with E-state index >= 15 is 8.78 Å². The van der Waals surface area contributed by atoms with Crippen molar-refractivity contribution < 1.29 is 32.2 Å². The van der Waals surface area contributed by atoms with Gasteiger partial charge in [0, 0.05) is 30.1 Å². The van der Waals surface area contributed by atoms with E-state index in [-0.39, 0.29) is 17.7 Å². The fraction of sp³-hybridized carbons (Fsp3) is 0.469. The number of fused-ring (bicyclic) bond motifs is 3. The van der Waals surface area contributed by atoms with Crippen LogP contribution in [0.2, 0.25) is 0 Å². The number of hydrogen-bond acceptors (Lipinski definition) is 6.